The van der Waals surface area contributed by atoms with Gasteiger partial charge in [0.15, 0.2) is 0 Å². The molecular weight excluding hydrogens is 202 g/mol. The first-order valence-electron chi connectivity index (χ1n) is 5.42. The number of rotatable bonds is 5. The predicted molar refractivity (Wildman–Crippen MR) is 66.3 cm³/mol. The monoisotopic (exact) mass is 223 g/mol. The van der Waals surface area contributed by atoms with E-state index in [1.165, 1.54) is 0 Å². The van der Waals surface area contributed by atoms with Crippen LogP contribution in [-0.4, -0.2) is 30.8 Å². The highest BCUT2D eigenvalue weighted by Crippen LogP contribution is 2.20. The summed E-state index contributed by atoms with van der Waals surface area (Å²) in [6.07, 6.45) is 4.32. The van der Waals surface area contributed by atoms with E-state index in [4.69, 9.17) is 10.5 Å². The Morgan fingerprint density at radius 1 is 1.56 bits per heavy atom. The van der Waals surface area contributed by atoms with Gasteiger partial charge in [-0.05, 0) is 38.9 Å². The van der Waals surface area contributed by atoms with Crippen LogP contribution in [0.5, 0.6) is 0 Å². The number of nitrogens with zero attached hydrogens (tertiary/aromatic N) is 1. The summed E-state index contributed by atoms with van der Waals surface area (Å²) in [5, 5.41) is 3.26. The average molecular weight is 223 g/mol. The molecule has 0 spiro atoms. The highest BCUT2D eigenvalue weighted by molar-refractivity contribution is 5.44. The first-order valence-corrected chi connectivity index (χ1v) is 5.42. The summed E-state index contributed by atoms with van der Waals surface area (Å²) in [6, 6.07) is 2.02. The van der Waals surface area contributed by atoms with Gasteiger partial charge in [0.2, 0.25) is 0 Å². The normalized spacial score (nSPS) is 13.8. The van der Waals surface area contributed by atoms with Crippen LogP contribution >= 0.6 is 0 Å². The van der Waals surface area contributed by atoms with Crippen molar-refractivity contribution in [3.63, 3.8) is 0 Å². The molecule has 0 bridgehead atoms. The van der Waals surface area contributed by atoms with Crippen molar-refractivity contribution in [2.75, 3.05) is 19.9 Å². The van der Waals surface area contributed by atoms with E-state index >= 15 is 0 Å². The first kappa shape index (κ1) is 12.9. The van der Waals surface area contributed by atoms with Crippen molar-refractivity contribution < 1.29 is 4.74 Å². The van der Waals surface area contributed by atoms with Gasteiger partial charge in [-0.2, -0.15) is 0 Å². The highest BCUT2D eigenvalue weighted by atomic mass is 16.5. The predicted octanol–water partition coefficient (Wildman–Crippen LogP) is 1.22. The number of ether oxygens (including phenoxy) is 1. The summed E-state index contributed by atoms with van der Waals surface area (Å²) in [5.41, 5.74) is 7.49. The zero-order valence-corrected chi connectivity index (χ0v) is 10.4. The van der Waals surface area contributed by atoms with E-state index in [0.29, 0.717) is 0 Å². The third kappa shape index (κ3) is 2.93. The zero-order chi connectivity index (χ0) is 12.2. The molecule has 0 aliphatic heterocycles. The number of hydrogen-bond acceptors (Lipinski definition) is 4. The second-order valence-corrected chi connectivity index (χ2v) is 4.43. The molecule has 90 valence electrons. The van der Waals surface area contributed by atoms with Crippen LogP contribution in [0.4, 0.5) is 5.69 Å². The maximum absolute atomic E-state index is 5.90. The minimum atomic E-state index is -0.239. The second-order valence-electron chi connectivity index (χ2n) is 4.43. The molecule has 0 aromatic carbocycles. The van der Waals surface area contributed by atoms with E-state index in [1.807, 2.05) is 19.3 Å². The second kappa shape index (κ2) is 5.27. The SMILES string of the molecule is CNC(Cc1cnccc1N)C(C)(C)OC. The third-order valence-electron chi connectivity index (χ3n) is 3.08. The van der Waals surface area contributed by atoms with E-state index < -0.39 is 0 Å². The molecule has 1 atom stereocenters. The summed E-state index contributed by atoms with van der Waals surface area (Å²) in [4.78, 5) is 4.09. The Bertz CT molecular complexity index is 339. The van der Waals surface area contributed by atoms with Crippen molar-refractivity contribution in [2.45, 2.75) is 31.9 Å². The van der Waals surface area contributed by atoms with Crippen molar-refractivity contribution in [3.8, 4) is 0 Å². The molecule has 0 saturated carbocycles. The Hall–Kier alpha value is -1.13. The molecule has 3 N–H and O–H groups in total. The fourth-order valence-electron chi connectivity index (χ4n) is 1.67. The van der Waals surface area contributed by atoms with Gasteiger partial charge in [-0.15, -0.1) is 0 Å². The number of nitrogens with one attached hydrogen (secondary N) is 1. The van der Waals surface area contributed by atoms with Gasteiger partial charge in [0.05, 0.1) is 5.60 Å². The molecule has 0 amide bonds. The summed E-state index contributed by atoms with van der Waals surface area (Å²) in [7, 11) is 3.65. The van der Waals surface area contributed by atoms with Gasteiger partial charge in [0.25, 0.3) is 0 Å². The minimum absolute atomic E-state index is 0.198. The third-order valence-corrected chi connectivity index (χ3v) is 3.08. The molecular formula is C12H21N3O. The first-order chi connectivity index (χ1) is 7.51. The molecule has 16 heavy (non-hydrogen) atoms. The molecule has 0 saturated heterocycles. The van der Waals surface area contributed by atoms with Crippen LogP contribution < -0.4 is 11.1 Å². The number of nitrogens with two attached hydrogens (primary N) is 1. The lowest BCUT2D eigenvalue weighted by atomic mass is 9.92. The van der Waals surface area contributed by atoms with Crippen molar-refractivity contribution in [3.05, 3.63) is 24.0 Å². The Morgan fingerprint density at radius 2 is 2.25 bits per heavy atom. The molecule has 0 fully saturated rings. The number of nitrogen functional groups attached to an aromatic ring is 1. The van der Waals surface area contributed by atoms with Crippen LogP contribution in [0.25, 0.3) is 0 Å². The van der Waals surface area contributed by atoms with Crippen LogP contribution in [-0.2, 0) is 11.2 Å². The fourth-order valence-corrected chi connectivity index (χ4v) is 1.67. The standard InChI is InChI=1S/C12H21N3O/c1-12(2,16-4)11(14-3)7-9-8-15-6-5-10(9)13/h5-6,8,11,14H,7H2,1-4H3,(H2,13,15). The van der Waals surface area contributed by atoms with Crippen molar-refractivity contribution >= 4 is 5.69 Å². The number of anilines is 1. The molecule has 4 heteroatoms. The molecule has 0 aliphatic carbocycles. The van der Waals surface area contributed by atoms with E-state index in [1.54, 1.807) is 13.3 Å². The van der Waals surface area contributed by atoms with Gasteiger partial charge >= 0.3 is 0 Å². The summed E-state index contributed by atoms with van der Waals surface area (Å²) < 4.78 is 5.48. The smallest absolute Gasteiger partial charge is 0.0778 e. The van der Waals surface area contributed by atoms with Crippen LogP contribution in [0.2, 0.25) is 0 Å². The number of likely N-dealkylation sites (N-methyl/N-ethyl adjacent to an activating group) is 1. The van der Waals surface area contributed by atoms with Gasteiger partial charge in [0.1, 0.15) is 0 Å². The minimum Gasteiger partial charge on any atom is -0.398 e. The van der Waals surface area contributed by atoms with Crippen molar-refractivity contribution in [1.29, 1.82) is 0 Å². The van der Waals surface area contributed by atoms with Crippen LogP contribution in [0.3, 0.4) is 0 Å². The fraction of sp³-hybridized carbons (Fsp3) is 0.583. The average Bonchev–Trinajstić information content (AvgIpc) is 2.27. The Labute approximate surface area is 97.2 Å². The topological polar surface area (TPSA) is 60.2 Å². The lowest BCUT2D eigenvalue weighted by Crippen LogP contribution is -2.48. The largest absolute Gasteiger partial charge is 0.398 e. The molecule has 0 aliphatic rings. The summed E-state index contributed by atoms with van der Waals surface area (Å²) in [5.74, 6) is 0. The van der Waals surface area contributed by atoms with Gasteiger partial charge < -0.3 is 15.8 Å². The summed E-state index contributed by atoms with van der Waals surface area (Å²) >= 11 is 0. The van der Waals surface area contributed by atoms with E-state index in [0.717, 1.165) is 17.7 Å². The van der Waals surface area contributed by atoms with E-state index in [9.17, 15) is 0 Å². The van der Waals surface area contributed by atoms with Crippen LogP contribution in [0, 0.1) is 0 Å². The number of hydrogen-bond donors (Lipinski definition) is 2. The van der Waals surface area contributed by atoms with Crippen molar-refractivity contribution in [1.82, 2.24) is 10.3 Å². The van der Waals surface area contributed by atoms with Gasteiger partial charge in [-0.3, -0.25) is 4.98 Å². The molecule has 1 aromatic heterocycles. The quantitative estimate of drug-likeness (QED) is 0.788. The number of pyridine rings is 1. The Morgan fingerprint density at radius 3 is 2.75 bits per heavy atom. The lowest BCUT2D eigenvalue weighted by Gasteiger charge is -2.33. The van der Waals surface area contributed by atoms with Crippen LogP contribution in [0.1, 0.15) is 19.4 Å². The van der Waals surface area contributed by atoms with Crippen molar-refractivity contribution in [2.24, 2.45) is 0 Å². The maximum Gasteiger partial charge on any atom is 0.0778 e. The van der Waals surface area contributed by atoms with E-state index in [2.05, 4.69) is 24.1 Å². The van der Waals surface area contributed by atoms with Crippen LogP contribution in [0.15, 0.2) is 18.5 Å². The summed E-state index contributed by atoms with van der Waals surface area (Å²) in [6.45, 7) is 4.11. The molecule has 0 radical (unpaired) electrons. The molecule has 1 heterocycles. The molecule has 1 rings (SSSR count). The number of methoxy groups -OCH3 is 1. The maximum atomic E-state index is 5.90. The molecule has 1 aromatic rings. The van der Waals surface area contributed by atoms with Gasteiger partial charge in [-0.1, -0.05) is 0 Å². The zero-order valence-electron chi connectivity index (χ0n) is 10.4. The van der Waals surface area contributed by atoms with Gasteiger partial charge in [0, 0.05) is 31.2 Å². The highest BCUT2D eigenvalue weighted by Gasteiger charge is 2.28. The van der Waals surface area contributed by atoms with Gasteiger partial charge in [-0.25, -0.2) is 0 Å². The number of aromatic nitrogens is 1. The van der Waals surface area contributed by atoms with E-state index in [-0.39, 0.29) is 11.6 Å². The Balaban J connectivity index is 2.82. The Kier molecular flexibility index (Phi) is 4.26. The molecule has 1 unspecified atom stereocenters. The molecule has 4 nitrogen and oxygen atoms in total. The lowest BCUT2D eigenvalue weighted by molar-refractivity contribution is -0.00794.